The van der Waals surface area contributed by atoms with Gasteiger partial charge in [0.2, 0.25) is 0 Å². The van der Waals surface area contributed by atoms with Crippen LogP contribution in [0.2, 0.25) is 0 Å². The zero-order valence-electron chi connectivity index (χ0n) is 10.2. The van der Waals surface area contributed by atoms with E-state index in [1.54, 1.807) is 17.6 Å². The van der Waals surface area contributed by atoms with Gasteiger partial charge in [0.25, 0.3) is 0 Å². The summed E-state index contributed by atoms with van der Waals surface area (Å²) in [6.45, 7) is 0. The molecule has 0 aliphatic rings. The molecule has 7 nitrogen and oxygen atoms in total. The molecule has 0 amide bonds. The number of benzene rings is 1. The Hall–Kier alpha value is -1.14. The highest BCUT2D eigenvalue weighted by atomic mass is 32.2. The number of hydrogen-bond donors (Lipinski definition) is 1. The number of fused-ring (bicyclic) bond motifs is 1. The van der Waals surface area contributed by atoms with E-state index in [2.05, 4.69) is 14.5 Å². The SMILES string of the molecule is COOP(=O)(O)COc1cc(SC#N)cc2scnc12. The monoisotopic (exact) mass is 332 g/mol. The van der Waals surface area contributed by atoms with Crippen LogP contribution in [0.5, 0.6) is 5.75 Å². The minimum atomic E-state index is -3.99. The predicted octanol–water partition coefficient (Wildman–Crippen LogP) is 2.97. The molecule has 10 heteroatoms. The van der Waals surface area contributed by atoms with Crippen LogP contribution in [0, 0.1) is 10.7 Å². The quantitative estimate of drug-likeness (QED) is 0.283. The third-order valence-electron chi connectivity index (χ3n) is 2.11. The van der Waals surface area contributed by atoms with Crippen molar-refractivity contribution in [3.05, 3.63) is 17.6 Å². The second-order valence-corrected chi connectivity index (χ2v) is 6.89. The van der Waals surface area contributed by atoms with E-state index in [0.29, 0.717) is 16.2 Å². The molecule has 20 heavy (non-hydrogen) atoms. The molecule has 0 saturated heterocycles. The van der Waals surface area contributed by atoms with Gasteiger partial charge in [-0.3, -0.25) is 4.57 Å². The van der Waals surface area contributed by atoms with Gasteiger partial charge < -0.3 is 9.63 Å². The van der Waals surface area contributed by atoms with E-state index in [4.69, 9.17) is 10.00 Å². The Morgan fingerprint density at radius 1 is 1.60 bits per heavy atom. The Bertz CT molecular complexity index is 699. The third kappa shape index (κ3) is 3.70. The van der Waals surface area contributed by atoms with E-state index in [0.717, 1.165) is 23.6 Å². The fourth-order valence-corrected chi connectivity index (χ4v) is 3.25. The Kier molecular flexibility index (Phi) is 4.99. The fraction of sp³-hybridized carbons (Fsp3) is 0.200. The van der Waals surface area contributed by atoms with Crippen LogP contribution in [0.4, 0.5) is 0 Å². The van der Waals surface area contributed by atoms with E-state index < -0.39 is 13.9 Å². The van der Waals surface area contributed by atoms with Gasteiger partial charge in [-0.15, -0.1) is 16.0 Å². The maximum atomic E-state index is 11.5. The highest BCUT2D eigenvalue weighted by Gasteiger charge is 2.22. The maximum absolute atomic E-state index is 11.5. The van der Waals surface area contributed by atoms with Gasteiger partial charge in [-0.05, 0) is 23.9 Å². The number of aromatic nitrogens is 1. The maximum Gasteiger partial charge on any atom is 0.391 e. The van der Waals surface area contributed by atoms with Crippen molar-refractivity contribution >= 4 is 40.9 Å². The van der Waals surface area contributed by atoms with Crippen molar-refractivity contribution in [3.8, 4) is 11.2 Å². The zero-order chi connectivity index (χ0) is 14.6. The van der Waals surface area contributed by atoms with Gasteiger partial charge in [-0.1, -0.05) is 0 Å². The van der Waals surface area contributed by atoms with Gasteiger partial charge in [-0.25, -0.2) is 9.87 Å². The van der Waals surface area contributed by atoms with Crippen LogP contribution in [-0.2, 0) is 14.1 Å². The van der Waals surface area contributed by atoms with Gasteiger partial charge in [0.15, 0.2) is 6.35 Å². The van der Waals surface area contributed by atoms with Gasteiger partial charge in [0.1, 0.15) is 16.7 Å². The number of nitriles is 1. The molecule has 1 aromatic heterocycles. The minimum Gasteiger partial charge on any atom is -0.479 e. The summed E-state index contributed by atoms with van der Waals surface area (Å²) in [6, 6.07) is 3.39. The molecule has 1 N–H and O–H groups in total. The number of thiocyanates is 1. The predicted molar refractivity (Wildman–Crippen MR) is 74.5 cm³/mol. The largest absolute Gasteiger partial charge is 0.479 e. The summed E-state index contributed by atoms with van der Waals surface area (Å²) in [5, 5.41) is 10.7. The molecule has 0 spiro atoms. The molecule has 2 rings (SSSR count). The molecule has 0 aliphatic heterocycles. The van der Waals surface area contributed by atoms with Crippen LogP contribution in [0.25, 0.3) is 10.2 Å². The lowest BCUT2D eigenvalue weighted by Gasteiger charge is -2.11. The van der Waals surface area contributed by atoms with E-state index >= 15 is 0 Å². The molecular formula is C10H9N2O5PS2. The van der Waals surface area contributed by atoms with Crippen molar-refractivity contribution in [3.63, 3.8) is 0 Å². The molecule has 0 aliphatic carbocycles. The first-order valence-electron chi connectivity index (χ1n) is 5.16. The van der Waals surface area contributed by atoms with E-state index in [1.165, 1.54) is 11.3 Å². The zero-order valence-corrected chi connectivity index (χ0v) is 12.7. The molecule has 1 unspecified atom stereocenters. The normalized spacial score (nSPS) is 13.8. The molecule has 0 saturated carbocycles. The smallest absolute Gasteiger partial charge is 0.391 e. The highest BCUT2D eigenvalue weighted by Crippen LogP contribution is 2.43. The third-order valence-corrected chi connectivity index (χ3v) is 4.29. The first-order chi connectivity index (χ1) is 9.55. The molecule has 1 heterocycles. The minimum absolute atomic E-state index is 0.315. The number of thioether (sulfide) groups is 1. The van der Waals surface area contributed by atoms with Crippen LogP contribution in [0.3, 0.4) is 0 Å². The van der Waals surface area contributed by atoms with E-state index in [9.17, 15) is 9.46 Å². The first-order valence-corrected chi connectivity index (χ1v) is 8.62. The van der Waals surface area contributed by atoms with E-state index in [1.807, 2.05) is 5.40 Å². The fourth-order valence-electron chi connectivity index (χ4n) is 1.42. The Labute approximate surface area is 122 Å². The highest BCUT2D eigenvalue weighted by molar-refractivity contribution is 8.03. The van der Waals surface area contributed by atoms with Crippen molar-refractivity contribution in [1.29, 1.82) is 5.26 Å². The number of hydrogen-bond acceptors (Lipinski definition) is 8. The second-order valence-electron chi connectivity index (χ2n) is 3.47. The molecule has 0 bridgehead atoms. The molecule has 1 aromatic carbocycles. The number of rotatable bonds is 6. The molecular weight excluding hydrogens is 323 g/mol. The Morgan fingerprint density at radius 2 is 2.40 bits per heavy atom. The summed E-state index contributed by atoms with van der Waals surface area (Å²) in [4.78, 5) is 18.3. The van der Waals surface area contributed by atoms with Gasteiger partial charge in [-0.2, -0.15) is 5.26 Å². The molecule has 1 atom stereocenters. The van der Waals surface area contributed by atoms with Gasteiger partial charge in [0, 0.05) is 4.90 Å². The van der Waals surface area contributed by atoms with Crippen LogP contribution < -0.4 is 4.74 Å². The summed E-state index contributed by atoms with van der Waals surface area (Å²) in [6.07, 6.45) is -0.575. The van der Waals surface area contributed by atoms with Crippen LogP contribution in [-0.4, -0.2) is 23.3 Å². The molecule has 106 valence electrons. The molecule has 0 fully saturated rings. The van der Waals surface area contributed by atoms with Gasteiger partial charge >= 0.3 is 7.60 Å². The van der Waals surface area contributed by atoms with Crippen LogP contribution in [0.15, 0.2) is 22.5 Å². The van der Waals surface area contributed by atoms with Crippen LogP contribution >= 0.6 is 30.7 Å². The van der Waals surface area contributed by atoms with Crippen molar-refractivity contribution in [2.24, 2.45) is 0 Å². The van der Waals surface area contributed by atoms with Crippen molar-refractivity contribution in [2.45, 2.75) is 4.90 Å². The lowest BCUT2D eigenvalue weighted by Crippen LogP contribution is -2.02. The summed E-state index contributed by atoms with van der Waals surface area (Å²) < 4.78 is 21.8. The average molecular weight is 332 g/mol. The number of ether oxygens (including phenoxy) is 1. The standard InChI is InChI=1S/C10H9N2O5PS2/c1-15-17-18(13,14)6-16-8-2-7(19-4-11)3-9-10(8)12-5-20-9/h2-3,5H,6H2,1H3,(H,13,14). The molecule has 0 radical (unpaired) electrons. The molecule has 2 aromatic rings. The van der Waals surface area contributed by atoms with Crippen molar-refractivity contribution in [2.75, 3.05) is 13.5 Å². The van der Waals surface area contributed by atoms with Gasteiger partial charge in [0.05, 0.1) is 17.3 Å². The summed E-state index contributed by atoms with van der Waals surface area (Å²) >= 11 is 2.35. The summed E-state index contributed by atoms with van der Waals surface area (Å²) in [5.41, 5.74) is 2.19. The van der Waals surface area contributed by atoms with Crippen molar-refractivity contribution < 1.29 is 23.8 Å². The lowest BCUT2D eigenvalue weighted by atomic mass is 10.3. The van der Waals surface area contributed by atoms with Crippen molar-refractivity contribution in [1.82, 2.24) is 4.98 Å². The summed E-state index contributed by atoms with van der Waals surface area (Å²) in [7, 11) is -2.86. The Morgan fingerprint density at radius 3 is 3.10 bits per heavy atom. The average Bonchev–Trinajstić information content (AvgIpc) is 2.84. The summed E-state index contributed by atoms with van der Waals surface area (Å²) in [5.74, 6) is 0.315. The first kappa shape index (κ1) is 15.3. The van der Waals surface area contributed by atoms with Crippen LogP contribution in [0.1, 0.15) is 0 Å². The Balaban J connectivity index is 2.26. The number of thiazole rings is 1. The number of nitrogens with zero attached hydrogens (tertiary/aromatic N) is 2. The second kappa shape index (κ2) is 6.54. The topological polar surface area (TPSA) is 102 Å². The van der Waals surface area contributed by atoms with E-state index in [-0.39, 0.29) is 0 Å². The lowest BCUT2D eigenvalue weighted by molar-refractivity contribution is -0.186.